The van der Waals surface area contributed by atoms with Crippen molar-refractivity contribution < 1.29 is 52.7 Å². The van der Waals surface area contributed by atoms with E-state index in [0.717, 1.165) is 0 Å². The maximum absolute atomic E-state index is 12.5. The maximum atomic E-state index is 12.5. The van der Waals surface area contributed by atoms with Crippen molar-refractivity contribution in [3.63, 3.8) is 0 Å². The van der Waals surface area contributed by atoms with E-state index in [2.05, 4.69) is 0 Å². The summed E-state index contributed by atoms with van der Waals surface area (Å²) in [6.45, 7) is 0. The van der Waals surface area contributed by atoms with Crippen LogP contribution in [0.1, 0.15) is 22.3 Å². The average Bonchev–Trinajstić information content (AvgIpc) is 2.22. The Morgan fingerprint density at radius 3 is 0.955 bits per heavy atom. The standard InChI is InChI=1S/C10H2F12/c11-7(12,13)3-1-4(8(14,15)16)6(10(20,21)22)5(2-3)9(17,18)19/h1-2H. The molecule has 126 valence electrons. The van der Waals surface area contributed by atoms with Gasteiger partial charge in [0.15, 0.2) is 0 Å². The Kier molecular flexibility index (Phi) is 4.14. The monoisotopic (exact) mass is 350 g/mol. The Morgan fingerprint density at radius 1 is 0.455 bits per heavy atom. The topological polar surface area (TPSA) is 0 Å². The van der Waals surface area contributed by atoms with Gasteiger partial charge in [0.1, 0.15) is 0 Å². The summed E-state index contributed by atoms with van der Waals surface area (Å²) >= 11 is 0. The second kappa shape index (κ2) is 4.95. The van der Waals surface area contributed by atoms with E-state index in [1.807, 2.05) is 0 Å². The van der Waals surface area contributed by atoms with Crippen LogP contribution < -0.4 is 0 Å². The van der Waals surface area contributed by atoms with E-state index >= 15 is 0 Å². The lowest BCUT2D eigenvalue weighted by Crippen LogP contribution is -2.24. The lowest BCUT2D eigenvalue weighted by atomic mass is 9.95. The summed E-state index contributed by atoms with van der Waals surface area (Å²) in [6, 6.07) is -2.00. The molecule has 0 bridgehead atoms. The van der Waals surface area contributed by atoms with Crippen molar-refractivity contribution in [2.24, 2.45) is 0 Å². The van der Waals surface area contributed by atoms with Crippen LogP contribution in [0.2, 0.25) is 0 Å². The molecule has 22 heavy (non-hydrogen) atoms. The van der Waals surface area contributed by atoms with E-state index in [1.54, 1.807) is 0 Å². The summed E-state index contributed by atoms with van der Waals surface area (Å²) in [6.07, 6.45) is -24.0. The zero-order valence-electron chi connectivity index (χ0n) is 9.69. The molecule has 1 aromatic carbocycles. The van der Waals surface area contributed by atoms with Gasteiger partial charge in [-0.1, -0.05) is 0 Å². The molecule has 0 spiro atoms. The van der Waals surface area contributed by atoms with E-state index in [0.29, 0.717) is 0 Å². The predicted molar refractivity (Wildman–Crippen MR) is 46.5 cm³/mol. The second-order valence-electron chi connectivity index (χ2n) is 3.94. The number of alkyl halides is 12. The molecule has 0 radical (unpaired) electrons. The molecule has 0 heterocycles. The summed E-state index contributed by atoms with van der Waals surface area (Å²) in [5.74, 6) is 0. The van der Waals surface area contributed by atoms with Crippen LogP contribution in [0.15, 0.2) is 12.1 Å². The van der Waals surface area contributed by atoms with E-state index in [-0.39, 0.29) is 0 Å². The summed E-state index contributed by atoms with van der Waals surface area (Å²) < 4.78 is 149. The summed E-state index contributed by atoms with van der Waals surface area (Å²) in [4.78, 5) is 0. The Balaban J connectivity index is 3.96. The van der Waals surface area contributed by atoms with E-state index < -0.39 is 59.1 Å². The number of benzene rings is 1. The van der Waals surface area contributed by atoms with Gasteiger partial charge in [0.25, 0.3) is 0 Å². The van der Waals surface area contributed by atoms with Crippen LogP contribution in [-0.2, 0) is 24.7 Å². The van der Waals surface area contributed by atoms with Gasteiger partial charge in [0, 0.05) is 0 Å². The third-order valence-electron chi connectivity index (χ3n) is 2.36. The Hall–Kier alpha value is -1.62. The minimum atomic E-state index is -6.15. The van der Waals surface area contributed by atoms with Gasteiger partial charge in [-0.15, -0.1) is 0 Å². The first-order chi connectivity index (χ1) is 9.45. The quantitative estimate of drug-likeness (QED) is 0.522. The van der Waals surface area contributed by atoms with Crippen molar-refractivity contribution in [3.05, 3.63) is 34.4 Å². The van der Waals surface area contributed by atoms with Gasteiger partial charge in [-0.05, 0) is 12.1 Å². The smallest absolute Gasteiger partial charge is 0.166 e. The minimum absolute atomic E-state index is 1.00. The fourth-order valence-electron chi connectivity index (χ4n) is 1.56. The fraction of sp³-hybridized carbons (Fsp3) is 0.400. The normalized spacial score (nSPS) is 14.4. The number of rotatable bonds is 0. The van der Waals surface area contributed by atoms with Gasteiger partial charge in [-0.3, -0.25) is 0 Å². The van der Waals surface area contributed by atoms with Gasteiger partial charge in [-0.25, -0.2) is 0 Å². The maximum Gasteiger partial charge on any atom is 0.417 e. The zero-order chi connectivity index (χ0) is 17.7. The molecule has 1 rings (SSSR count). The molecule has 0 aromatic heterocycles. The molecule has 0 aliphatic heterocycles. The van der Waals surface area contributed by atoms with E-state index in [4.69, 9.17) is 0 Å². The first-order valence-corrected chi connectivity index (χ1v) is 4.92. The van der Waals surface area contributed by atoms with Gasteiger partial charge in [0.2, 0.25) is 0 Å². The molecule has 0 N–H and O–H groups in total. The molecule has 0 aliphatic carbocycles. The molecular formula is C10H2F12. The van der Waals surface area contributed by atoms with Gasteiger partial charge in [-0.2, -0.15) is 52.7 Å². The van der Waals surface area contributed by atoms with Crippen molar-refractivity contribution in [1.82, 2.24) is 0 Å². The molecular weight excluding hydrogens is 348 g/mol. The lowest BCUT2D eigenvalue weighted by molar-refractivity contribution is -0.176. The van der Waals surface area contributed by atoms with Crippen molar-refractivity contribution in [2.45, 2.75) is 24.7 Å². The highest BCUT2D eigenvalue weighted by atomic mass is 19.4. The summed E-state index contributed by atoms with van der Waals surface area (Å²) in [5.41, 5.74) is -11.8. The molecule has 0 nitrogen and oxygen atoms in total. The molecule has 0 saturated carbocycles. The molecule has 12 heteroatoms. The number of hydrogen-bond donors (Lipinski definition) is 0. The third-order valence-corrected chi connectivity index (χ3v) is 2.36. The first kappa shape index (κ1) is 18.4. The van der Waals surface area contributed by atoms with Crippen molar-refractivity contribution >= 4 is 0 Å². The van der Waals surface area contributed by atoms with Crippen molar-refractivity contribution in [2.75, 3.05) is 0 Å². The fourth-order valence-corrected chi connectivity index (χ4v) is 1.56. The first-order valence-electron chi connectivity index (χ1n) is 4.92. The second-order valence-corrected chi connectivity index (χ2v) is 3.94. The van der Waals surface area contributed by atoms with Crippen molar-refractivity contribution in [1.29, 1.82) is 0 Å². The largest absolute Gasteiger partial charge is 0.417 e. The Labute approximate surface area is 113 Å². The minimum Gasteiger partial charge on any atom is -0.166 e. The van der Waals surface area contributed by atoms with Crippen LogP contribution in [0.5, 0.6) is 0 Å². The van der Waals surface area contributed by atoms with E-state index in [1.165, 1.54) is 0 Å². The molecule has 0 amide bonds. The number of halogens is 12. The molecule has 0 saturated heterocycles. The van der Waals surface area contributed by atoms with Gasteiger partial charge < -0.3 is 0 Å². The summed E-state index contributed by atoms with van der Waals surface area (Å²) in [5, 5.41) is 0. The Morgan fingerprint density at radius 2 is 0.773 bits per heavy atom. The molecule has 1 aromatic rings. The number of hydrogen-bond acceptors (Lipinski definition) is 0. The van der Waals surface area contributed by atoms with Crippen LogP contribution in [-0.4, -0.2) is 0 Å². The predicted octanol–water partition coefficient (Wildman–Crippen LogP) is 5.76. The lowest BCUT2D eigenvalue weighted by Gasteiger charge is -2.22. The van der Waals surface area contributed by atoms with Crippen LogP contribution in [0.3, 0.4) is 0 Å². The SMILES string of the molecule is FC(F)(F)c1cc(C(F)(F)F)c(C(F)(F)F)c(C(F)(F)F)c1. The van der Waals surface area contributed by atoms with Crippen LogP contribution in [0.4, 0.5) is 52.7 Å². The highest BCUT2D eigenvalue weighted by Gasteiger charge is 2.51. The average molecular weight is 350 g/mol. The third kappa shape index (κ3) is 3.77. The molecule has 0 fully saturated rings. The molecule has 0 unspecified atom stereocenters. The van der Waals surface area contributed by atoms with Gasteiger partial charge >= 0.3 is 24.7 Å². The van der Waals surface area contributed by atoms with Crippen LogP contribution in [0, 0.1) is 0 Å². The Bertz CT molecular complexity index is 518. The van der Waals surface area contributed by atoms with Crippen LogP contribution >= 0.6 is 0 Å². The highest BCUT2D eigenvalue weighted by Crippen LogP contribution is 2.48. The van der Waals surface area contributed by atoms with Crippen molar-refractivity contribution in [3.8, 4) is 0 Å². The highest BCUT2D eigenvalue weighted by molar-refractivity contribution is 5.45. The van der Waals surface area contributed by atoms with Gasteiger partial charge in [0.05, 0.1) is 22.3 Å². The van der Waals surface area contributed by atoms with Crippen LogP contribution in [0.25, 0.3) is 0 Å². The molecule has 0 aliphatic rings. The van der Waals surface area contributed by atoms with E-state index in [9.17, 15) is 52.7 Å². The zero-order valence-corrected chi connectivity index (χ0v) is 9.69. The molecule has 0 atom stereocenters. The summed E-state index contributed by atoms with van der Waals surface area (Å²) in [7, 11) is 0.